The highest BCUT2D eigenvalue weighted by atomic mass is 16.3. The molecule has 2 aromatic rings. The number of piperazine rings is 1. The van der Waals surface area contributed by atoms with Crippen LogP contribution in [0, 0.1) is 11.3 Å². The van der Waals surface area contributed by atoms with Gasteiger partial charge in [-0.25, -0.2) is 4.98 Å². The van der Waals surface area contributed by atoms with E-state index < -0.39 is 0 Å². The van der Waals surface area contributed by atoms with Gasteiger partial charge < -0.3 is 19.9 Å². The molecule has 0 saturated carbocycles. The molecular formula is C16H19N5O2. The van der Waals surface area contributed by atoms with Crippen LogP contribution in [0.2, 0.25) is 0 Å². The monoisotopic (exact) mass is 313 g/mol. The Bertz CT molecular complexity index is 839. The first-order chi connectivity index (χ1) is 11.0. The number of nitrogens with one attached hydrogen (secondary N) is 1. The van der Waals surface area contributed by atoms with Crippen molar-refractivity contribution in [1.82, 2.24) is 14.9 Å². The second-order valence-corrected chi connectivity index (χ2v) is 5.90. The number of nitrogens with zero attached hydrogens (tertiary/aromatic N) is 4. The van der Waals surface area contributed by atoms with Crippen molar-refractivity contribution in [3.63, 3.8) is 0 Å². The van der Waals surface area contributed by atoms with E-state index in [9.17, 15) is 9.90 Å². The lowest BCUT2D eigenvalue weighted by molar-refractivity contribution is 0.237. The average Bonchev–Trinajstić information content (AvgIpc) is 2.57. The predicted molar refractivity (Wildman–Crippen MR) is 87.4 cm³/mol. The van der Waals surface area contributed by atoms with Crippen LogP contribution in [-0.2, 0) is 7.05 Å². The molecule has 3 rings (SSSR count). The Hall–Kier alpha value is -2.43. The van der Waals surface area contributed by atoms with Crippen molar-refractivity contribution in [3.05, 3.63) is 34.2 Å². The molecule has 2 atom stereocenters. The van der Waals surface area contributed by atoms with Gasteiger partial charge in [0.05, 0.1) is 23.9 Å². The number of anilines is 1. The molecule has 1 unspecified atom stereocenters. The second kappa shape index (κ2) is 5.99. The van der Waals surface area contributed by atoms with Gasteiger partial charge in [-0.2, -0.15) is 5.26 Å². The minimum atomic E-state index is -0.137. The highest BCUT2D eigenvalue weighted by molar-refractivity contribution is 5.89. The smallest absolute Gasteiger partial charge is 0.252 e. The van der Waals surface area contributed by atoms with E-state index in [1.807, 2.05) is 11.0 Å². The fourth-order valence-corrected chi connectivity index (χ4v) is 3.01. The Kier molecular flexibility index (Phi) is 4.03. The number of fused-ring (bicyclic) bond motifs is 1. The number of aryl methyl sites for hydroxylation is 1. The summed E-state index contributed by atoms with van der Waals surface area (Å²) in [5, 5.41) is 22.1. The molecule has 7 heteroatoms. The van der Waals surface area contributed by atoms with Gasteiger partial charge in [0, 0.05) is 32.2 Å². The van der Waals surface area contributed by atoms with Gasteiger partial charge in [-0.1, -0.05) is 0 Å². The topological polar surface area (TPSA) is 94.2 Å². The van der Waals surface area contributed by atoms with Crippen LogP contribution in [-0.4, -0.2) is 46.4 Å². The Morgan fingerprint density at radius 2 is 2.30 bits per heavy atom. The summed E-state index contributed by atoms with van der Waals surface area (Å²) in [6.45, 7) is 3.32. The van der Waals surface area contributed by atoms with Crippen LogP contribution in [0.5, 0.6) is 0 Å². The van der Waals surface area contributed by atoms with Crippen LogP contribution in [0.3, 0.4) is 0 Å². The maximum Gasteiger partial charge on any atom is 0.252 e. The highest BCUT2D eigenvalue weighted by Gasteiger charge is 2.27. The molecule has 1 aliphatic heterocycles. The van der Waals surface area contributed by atoms with Crippen LogP contribution in [0.25, 0.3) is 11.0 Å². The quantitative estimate of drug-likeness (QED) is 0.808. The largest absolute Gasteiger partial charge is 0.394 e. The minimum absolute atomic E-state index is 0.0195. The number of hydrogen-bond donors (Lipinski definition) is 2. The van der Waals surface area contributed by atoms with Gasteiger partial charge >= 0.3 is 0 Å². The molecule has 120 valence electrons. The molecule has 2 aromatic heterocycles. The van der Waals surface area contributed by atoms with E-state index in [0.717, 1.165) is 0 Å². The highest BCUT2D eigenvalue weighted by Crippen LogP contribution is 2.26. The molecule has 0 aromatic carbocycles. The molecule has 1 fully saturated rings. The maximum absolute atomic E-state index is 12.3. The van der Waals surface area contributed by atoms with Crippen molar-refractivity contribution in [1.29, 1.82) is 5.26 Å². The summed E-state index contributed by atoms with van der Waals surface area (Å²) < 4.78 is 1.52. The van der Waals surface area contributed by atoms with E-state index in [1.165, 1.54) is 10.6 Å². The number of rotatable bonds is 2. The van der Waals surface area contributed by atoms with Crippen LogP contribution in [0.1, 0.15) is 12.6 Å². The van der Waals surface area contributed by atoms with E-state index in [-0.39, 0.29) is 24.2 Å². The fourth-order valence-electron chi connectivity index (χ4n) is 3.01. The molecule has 7 nitrogen and oxygen atoms in total. The van der Waals surface area contributed by atoms with Gasteiger partial charge in [-0.05, 0) is 19.1 Å². The summed E-state index contributed by atoms with van der Waals surface area (Å²) in [4.78, 5) is 18.7. The first-order valence-electron chi connectivity index (χ1n) is 7.57. The molecule has 1 saturated heterocycles. The third kappa shape index (κ3) is 2.67. The van der Waals surface area contributed by atoms with Crippen molar-refractivity contribution < 1.29 is 5.11 Å². The molecule has 1 aliphatic rings. The SMILES string of the molecule is CC1CN(c2cc(=O)n(C)c3ccc(C#N)nc23)[C@@H](CO)CN1. The normalized spacial score (nSPS) is 21.4. The van der Waals surface area contributed by atoms with Crippen LogP contribution in [0.15, 0.2) is 23.0 Å². The molecule has 0 aliphatic carbocycles. The fraction of sp³-hybridized carbons (Fsp3) is 0.438. The molecule has 23 heavy (non-hydrogen) atoms. The van der Waals surface area contributed by atoms with Gasteiger partial charge in [0.25, 0.3) is 5.56 Å². The van der Waals surface area contributed by atoms with Gasteiger partial charge in [-0.15, -0.1) is 0 Å². The molecule has 3 heterocycles. The predicted octanol–water partition coefficient (Wildman–Crippen LogP) is -0.0358. The summed E-state index contributed by atoms with van der Waals surface area (Å²) >= 11 is 0. The molecule has 0 amide bonds. The second-order valence-electron chi connectivity index (χ2n) is 5.90. The third-order valence-corrected chi connectivity index (χ3v) is 4.32. The standard InChI is InChI=1S/C16H19N5O2/c1-10-8-21(12(9-22)7-18-10)14-5-15(23)20(2)13-4-3-11(6-17)19-16(13)14/h3-5,10,12,18,22H,7-9H2,1-2H3/t10?,12-/m1/s1. The summed E-state index contributed by atoms with van der Waals surface area (Å²) in [5.74, 6) is 0. The van der Waals surface area contributed by atoms with Crippen LogP contribution in [0.4, 0.5) is 5.69 Å². The average molecular weight is 313 g/mol. The van der Waals surface area contributed by atoms with Crippen molar-refractivity contribution in [2.24, 2.45) is 7.05 Å². The number of aromatic nitrogens is 2. The van der Waals surface area contributed by atoms with E-state index >= 15 is 0 Å². The molecule has 0 radical (unpaired) electrons. The van der Waals surface area contributed by atoms with E-state index in [0.29, 0.717) is 35.5 Å². The zero-order chi connectivity index (χ0) is 16.6. The third-order valence-electron chi connectivity index (χ3n) is 4.32. The lowest BCUT2D eigenvalue weighted by Crippen LogP contribution is -2.57. The van der Waals surface area contributed by atoms with E-state index in [2.05, 4.69) is 17.2 Å². The summed E-state index contributed by atoms with van der Waals surface area (Å²) in [5.41, 5.74) is 2.13. The Balaban J connectivity index is 2.25. The van der Waals surface area contributed by atoms with E-state index in [1.54, 1.807) is 19.2 Å². The molecular weight excluding hydrogens is 294 g/mol. The van der Waals surface area contributed by atoms with Gasteiger partial charge in [-0.3, -0.25) is 4.79 Å². The van der Waals surface area contributed by atoms with E-state index in [4.69, 9.17) is 5.26 Å². The van der Waals surface area contributed by atoms with Gasteiger partial charge in [0.1, 0.15) is 17.3 Å². The van der Waals surface area contributed by atoms with Crippen molar-refractivity contribution in [2.45, 2.75) is 19.0 Å². The first-order valence-corrected chi connectivity index (χ1v) is 7.57. The molecule has 0 spiro atoms. The maximum atomic E-state index is 12.3. The summed E-state index contributed by atoms with van der Waals surface area (Å²) in [7, 11) is 1.69. The van der Waals surface area contributed by atoms with Crippen molar-refractivity contribution in [2.75, 3.05) is 24.6 Å². The zero-order valence-corrected chi connectivity index (χ0v) is 13.2. The van der Waals surface area contributed by atoms with Crippen molar-refractivity contribution in [3.8, 4) is 6.07 Å². The van der Waals surface area contributed by atoms with Crippen molar-refractivity contribution >= 4 is 16.7 Å². The molecule has 0 bridgehead atoms. The Morgan fingerprint density at radius 1 is 1.52 bits per heavy atom. The number of pyridine rings is 2. The number of hydrogen-bond acceptors (Lipinski definition) is 6. The lowest BCUT2D eigenvalue weighted by atomic mass is 10.1. The van der Waals surface area contributed by atoms with Gasteiger partial charge in [0.2, 0.25) is 0 Å². The minimum Gasteiger partial charge on any atom is -0.394 e. The number of aliphatic hydroxyl groups excluding tert-OH is 1. The van der Waals surface area contributed by atoms with Crippen LogP contribution >= 0.6 is 0 Å². The van der Waals surface area contributed by atoms with Gasteiger partial charge in [0.15, 0.2) is 0 Å². The summed E-state index contributed by atoms with van der Waals surface area (Å²) in [6, 6.07) is 7.03. The summed E-state index contributed by atoms with van der Waals surface area (Å²) in [6.07, 6.45) is 0. The number of aliphatic hydroxyl groups is 1. The zero-order valence-electron chi connectivity index (χ0n) is 13.2. The molecule has 2 N–H and O–H groups in total. The lowest BCUT2D eigenvalue weighted by Gasteiger charge is -2.40. The first kappa shape index (κ1) is 15.5. The Labute approximate surface area is 133 Å². The number of nitriles is 1. The van der Waals surface area contributed by atoms with Crippen LogP contribution < -0.4 is 15.8 Å². The Morgan fingerprint density at radius 3 is 3.00 bits per heavy atom.